The van der Waals surface area contributed by atoms with E-state index in [0.29, 0.717) is 5.65 Å². The molecule has 0 bridgehead atoms. The van der Waals surface area contributed by atoms with Gasteiger partial charge in [0.2, 0.25) is 0 Å². The summed E-state index contributed by atoms with van der Waals surface area (Å²) in [6.45, 7) is 1.83. The van der Waals surface area contributed by atoms with Crippen molar-refractivity contribution >= 4 is 11.6 Å². The van der Waals surface area contributed by atoms with E-state index in [1.807, 2.05) is 31.2 Å². The fraction of sp³-hybridized carbons (Fsp3) is 0.250. The molecule has 1 N–H and O–H groups in total. The molecule has 2 heterocycles. The van der Waals surface area contributed by atoms with Crippen LogP contribution in [0.25, 0.3) is 5.65 Å². The Labute approximate surface area is 145 Å². The van der Waals surface area contributed by atoms with Crippen LogP contribution in [-0.2, 0) is 12.8 Å². The van der Waals surface area contributed by atoms with E-state index in [9.17, 15) is 9.59 Å². The van der Waals surface area contributed by atoms with Crippen LogP contribution < -0.4 is 10.9 Å². The molecule has 1 aliphatic carbocycles. The first-order valence-electron chi connectivity index (χ1n) is 8.48. The van der Waals surface area contributed by atoms with Crippen molar-refractivity contribution in [2.45, 2.75) is 32.2 Å². The van der Waals surface area contributed by atoms with Gasteiger partial charge in [0.05, 0.1) is 0 Å². The summed E-state index contributed by atoms with van der Waals surface area (Å²) in [7, 11) is 0. The predicted molar refractivity (Wildman–Crippen MR) is 95.9 cm³/mol. The van der Waals surface area contributed by atoms with Gasteiger partial charge in [0.25, 0.3) is 11.5 Å². The molecule has 1 atom stereocenters. The fourth-order valence-electron chi connectivity index (χ4n) is 3.51. The average molecular weight is 333 g/mol. The molecule has 0 fully saturated rings. The first-order valence-corrected chi connectivity index (χ1v) is 8.48. The lowest BCUT2D eigenvalue weighted by Crippen LogP contribution is -2.41. The first-order chi connectivity index (χ1) is 12.1. The molecule has 126 valence electrons. The predicted octanol–water partition coefficient (Wildman–Crippen LogP) is 2.29. The average Bonchev–Trinajstić information content (AvgIpc) is 2.62. The molecule has 0 spiro atoms. The monoisotopic (exact) mass is 333 g/mol. The minimum Gasteiger partial charge on any atom is -0.349 e. The Morgan fingerprint density at radius 1 is 1.16 bits per heavy atom. The van der Waals surface area contributed by atoms with Gasteiger partial charge in [-0.05, 0) is 49.4 Å². The maximum absolute atomic E-state index is 12.7. The maximum Gasteiger partial charge on any atom is 0.270 e. The standard InChI is InChI=1S/C20H19N3O2/c1-13-5-4-8-18-21-12-17(20(25)23(13)18)19(24)22-16-10-9-14-6-2-3-7-15(14)11-16/h2-8,12,16H,9-11H2,1H3,(H,22,24). The Morgan fingerprint density at radius 2 is 1.96 bits per heavy atom. The second kappa shape index (κ2) is 6.16. The molecule has 1 aromatic carbocycles. The van der Waals surface area contributed by atoms with Gasteiger partial charge in [-0.1, -0.05) is 30.3 Å². The molecule has 1 unspecified atom stereocenters. The van der Waals surface area contributed by atoms with Crippen LogP contribution in [0.2, 0.25) is 0 Å². The van der Waals surface area contributed by atoms with Gasteiger partial charge in [-0.3, -0.25) is 14.0 Å². The number of hydrogen-bond donors (Lipinski definition) is 1. The van der Waals surface area contributed by atoms with Crippen molar-refractivity contribution < 1.29 is 4.79 Å². The van der Waals surface area contributed by atoms with Crippen LogP contribution in [-0.4, -0.2) is 21.3 Å². The van der Waals surface area contributed by atoms with Crippen molar-refractivity contribution in [3.05, 3.63) is 81.4 Å². The summed E-state index contributed by atoms with van der Waals surface area (Å²) >= 11 is 0. The third kappa shape index (κ3) is 2.82. The van der Waals surface area contributed by atoms with Gasteiger partial charge in [-0.2, -0.15) is 0 Å². The number of nitrogens with zero attached hydrogens (tertiary/aromatic N) is 2. The largest absolute Gasteiger partial charge is 0.349 e. The van der Waals surface area contributed by atoms with E-state index in [0.717, 1.165) is 25.0 Å². The molecule has 5 heteroatoms. The molecule has 0 saturated heterocycles. The quantitative estimate of drug-likeness (QED) is 0.783. The zero-order chi connectivity index (χ0) is 17.4. The van der Waals surface area contributed by atoms with Crippen LogP contribution in [0.5, 0.6) is 0 Å². The summed E-state index contributed by atoms with van der Waals surface area (Å²) < 4.78 is 1.48. The van der Waals surface area contributed by atoms with Crippen LogP contribution in [0.3, 0.4) is 0 Å². The van der Waals surface area contributed by atoms with Gasteiger partial charge in [0.1, 0.15) is 11.2 Å². The lowest BCUT2D eigenvalue weighted by molar-refractivity contribution is 0.0931. The molecule has 5 nitrogen and oxygen atoms in total. The highest BCUT2D eigenvalue weighted by atomic mass is 16.2. The lowest BCUT2D eigenvalue weighted by atomic mass is 9.88. The molecule has 2 aromatic heterocycles. The second-order valence-electron chi connectivity index (χ2n) is 6.52. The van der Waals surface area contributed by atoms with E-state index in [-0.39, 0.29) is 23.1 Å². The number of nitrogens with one attached hydrogen (secondary N) is 1. The van der Waals surface area contributed by atoms with E-state index in [1.54, 1.807) is 6.07 Å². The third-order valence-electron chi connectivity index (χ3n) is 4.85. The highest BCUT2D eigenvalue weighted by molar-refractivity contribution is 5.94. The number of carbonyl (C=O) groups is 1. The number of carbonyl (C=O) groups excluding carboxylic acids is 1. The Morgan fingerprint density at radius 3 is 2.80 bits per heavy atom. The number of benzene rings is 1. The van der Waals surface area contributed by atoms with Crippen molar-refractivity contribution in [3.8, 4) is 0 Å². The van der Waals surface area contributed by atoms with Crippen LogP contribution in [0.1, 0.15) is 33.6 Å². The normalized spacial score (nSPS) is 16.4. The summed E-state index contributed by atoms with van der Waals surface area (Å²) in [5, 5.41) is 3.01. The molecule has 0 radical (unpaired) electrons. The molecule has 1 amide bonds. The van der Waals surface area contributed by atoms with Gasteiger partial charge < -0.3 is 5.32 Å². The number of hydrogen-bond acceptors (Lipinski definition) is 3. The van der Waals surface area contributed by atoms with Gasteiger partial charge in [-0.15, -0.1) is 0 Å². The molecule has 1 aliphatic rings. The summed E-state index contributed by atoms with van der Waals surface area (Å²) in [6.07, 6.45) is 3.99. The molecule has 0 aliphatic heterocycles. The van der Waals surface area contributed by atoms with E-state index >= 15 is 0 Å². The van der Waals surface area contributed by atoms with E-state index in [4.69, 9.17) is 0 Å². The zero-order valence-electron chi connectivity index (χ0n) is 14.0. The van der Waals surface area contributed by atoms with Gasteiger partial charge in [0, 0.05) is 17.9 Å². The number of amides is 1. The van der Waals surface area contributed by atoms with Crippen LogP contribution >= 0.6 is 0 Å². The molecule has 3 aromatic rings. The Balaban J connectivity index is 1.60. The summed E-state index contributed by atoms with van der Waals surface area (Å²) in [6, 6.07) is 13.8. The highest BCUT2D eigenvalue weighted by Crippen LogP contribution is 2.21. The van der Waals surface area contributed by atoms with Crippen molar-refractivity contribution in [2.75, 3.05) is 0 Å². The molecular weight excluding hydrogens is 314 g/mol. The van der Waals surface area contributed by atoms with Crippen molar-refractivity contribution in [1.82, 2.24) is 14.7 Å². The topological polar surface area (TPSA) is 63.5 Å². The fourth-order valence-corrected chi connectivity index (χ4v) is 3.51. The molecule has 0 saturated carbocycles. The van der Waals surface area contributed by atoms with Crippen LogP contribution in [0.15, 0.2) is 53.5 Å². The minimum atomic E-state index is -0.348. The highest BCUT2D eigenvalue weighted by Gasteiger charge is 2.22. The smallest absolute Gasteiger partial charge is 0.270 e. The van der Waals surface area contributed by atoms with Crippen molar-refractivity contribution in [3.63, 3.8) is 0 Å². The number of rotatable bonds is 2. The van der Waals surface area contributed by atoms with Crippen molar-refractivity contribution in [1.29, 1.82) is 0 Å². The van der Waals surface area contributed by atoms with Crippen molar-refractivity contribution in [2.24, 2.45) is 0 Å². The SMILES string of the molecule is Cc1cccc2ncc(C(=O)NC3CCc4ccccc4C3)c(=O)n12. The lowest BCUT2D eigenvalue weighted by Gasteiger charge is -2.25. The van der Waals surface area contributed by atoms with E-state index in [1.165, 1.54) is 21.7 Å². The molecular formula is C20H19N3O2. The minimum absolute atomic E-state index is 0.0411. The maximum atomic E-state index is 12.7. The third-order valence-corrected chi connectivity index (χ3v) is 4.85. The van der Waals surface area contributed by atoms with Crippen LogP contribution in [0.4, 0.5) is 0 Å². The van der Waals surface area contributed by atoms with Gasteiger partial charge in [0.15, 0.2) is 0 Å². The van der Waals surface area contributed by atoms with Crippen LogP contribution in [0, 0.1) is 6.92 Å². The number of pyridine rings is 1. The number of aryl methyl sites for hydroxylation is 2. The molecule has 4 rings (SSSR count). The second-order valence-corrected chi connectivity index (χ2v) is 6.52. The summed E-state index contributed by atoms with van der Waals surface area (Å²) in [5.74, 6) is -0.348. The Hall–Kier alpha value is -2.95. The number of aromatic nitrogens is 2. The number of fused-ring (bicyclic) bond motifs is 2. The summed E-state index contributed by atoms with van der Waals surface area (Å²) in [4.78, 5) is 29.6. The Kier molecular flexibility index (Phi) is 3.84. The summed E-state index contributed by atoms with van der Waals surface area (Å²) in [5.41, 5.74) is 3.69. The first kappa shape index (κ1) is 15.6. The van der Waals surface area contributed by atoms with E-state index in [2.05, 4.69) is 22.4 Å². The Bertz CT molecular complexity index is 1020. The zero-order valence-corrected chi connectivity index (χ0v) is 14.0. The van der Waals surface area contributed by atoms with Gasteiger partial charge in [-0.25, -0.2) is 4.98 Å². The molecule has 25 heavy (non-hydrogen) atoms. The van der Waals surface area contributed by atoms with E-state index < -0.39 is 0 Å². The van der Waals surface area contributed by atoms with Gasteiger partial charge >= 0.3 is 0 Å².